The Morgan fingerprint density at radius 1 is 1.14 bits per heavy atom. The lowest BCUT2D eigenvalue weighted by Crippen LogP contribution is -2.41. The summed E-state index contributed by atoms with van der Waals surface area (Å²) in [7, 11) is 0. The number of aromatic amines is 1. The monoisotopic (exact) mass is 485 g/mol. The van der Waals surface area contributed by atoms with Gasteiger partial charge in [-0.05, 0) is 12.1 Å². The third-order valence-electron chi connectivity index (χ3n) is 6.60. The summed E-state index contributed by atoms with van der Waals surface area (Å²) >= 11 is 0. The maximum atomic E-state index is 13.8. The molecule has 0 bridgehead atoms. The van der Waals surface area contributed by atoms with Crippen LogP contribution >= 0.6 is 0 Å². The summed E-state index contributed by atoms with van der Waals surface area (Å²) < 4.78 is 59.8. The highest BCUT2D eigenvalue weighted by Crippen LogP contribution is 2.48. The number of amides is 1. The van der Waals surface area contributed by atoms with Crippen molar-refractivity contribution in [2.45, 2.75) is 43.6 Å². The van der Waals surface area contributed by atoms with E-state index >= 15 is 0 Å². The maximum Gasteiger partial charge on any atom is 0.292 e. The molecule has 1 aromatic carbocycles. The van der Waals surface area contributed by atoms with E-state index in [1.165, 1.54) is 11.2 Å². The molecule has 35 heavy (non-hydrogen) atoms. The van der Waals surface area contributed by atoms with Crippen LogP contribution in [0.2, 0.25) is 0 Å². The van der Waals surface area contributed by atoms with E-state index in [1.807, 2.05) is 30.3 Å². The number of carbonyl (C=O) groups is 1. The van der Waals surface area contributed by atoms with Gasteiger partial charge in [0.05, 0.1) is 23.2 Å². The molecule has 4 heterocycles. The molecule has 1 N–H and O–H groups in total. The molecule has 180 valence electrons. The Hall–Kier alpha value is -3.76. The summed E-state index contributed by atoms with van der Waals surface area (Å²) in [5.74, 6) is -5.38. The summed E-state index contributed by atoms with van der Waals surface area (Å²) in [6.45, 7) is 0.188. The first-order valence-electron chi connectivity index (χ1n) is 11.2. The second-order valence-corrected chi connectivity index (χ2v) is 8.87. The number of carbonyl (C=O) groups excluding carboxylic acids is 1. The van der Waals surface area contributed by atoms with Gasteiger partial charge in [-0.2, -0.15) is 0 Å². The fourth-order valence-corrected chi connectivity index (χ4v) is 4.82. The van der Waals surface area contributed by atoms with Crippen LogP contribution in [0.4, 0.5) is 17.6 Å². The highest BCUT2D eigenvalue weighted by atomic mass is 19.3. The van der Waals surface area contributed by atoms with Gasteiger partial charge >= 0.3 is 0 Å². The van der Waals surface area contributed by atoms with Crippen LogP contribution in [0.1, 0.15) is 70.4 Å². The number of oxazole rings is 1. The van der Waals surface area contributed by atoms with Crippen molar-refractivity contribution in [1.82, 2.24) is 24.8 Å². The minimum atomic E-state index is -3.10. The molecule has 1 aliphatic heterocycles. The van der Waals surface area contributed by atoms with Gasteiger partial charge in [0.2, 0.25) is 11.7 Å². The van der Waals surface area contributed by atoms with Gasteiger partial charge in [0, 0.05) is 42.8 Å². The number of pyridine rings is 1. The number of rotatable bonds is 4. The molecule has 2 aliphatic rings. The summed E-state index contributed by atoms with van der Waals surface area (Å²) in [6, 6.07) is 10.4. The van der Waals surface area contributed by atoms with Crippen LogP contribution in [0.15, 0.2) is 47.1 Å². The number of nitrogens with one attached hydrogen (secondary N) is 1. The number of hydrogen-bond acceptors (Lipinski definition) is 5. The Kier molecular flexibility index (Phi) is 4.90. The summed E-state index contributed by atoms with van der Waals surface area (Å²) in [5, 5.41) is 0.907. The molecule has 1 fully saturated rings. The summed E-state index contributed by atoms with van der Waals surface area (Å²) in [5.41, 5.74) is 1.77. The number of halogens is 4. The number of H-pyrrole nitrogens is 1. The number of hydrogen-bond donors (Lipinski definition) is 1. The maximum absolute atomic E-state index is 13.8. The number of nitrogens with zero attached hydrogens (tertiary/aromatic N) is 4. The molecule has 6 rings (SSSR count). The molecule has 0 saturated heterocycles. The molecule has 0 spiro atoms. The molecule has 3 aromatic heterocycles. The van der Waals surface area contributed by atoms with Gasteiger partial charge in [-0.15, -0.1) is 0 Å². The molecular formula is C24H19F4N5O2. The second-order valence-electron chi connectivity index (χ2n) is 8.87. The molecule has 0 unspecified atom stereocenters. The average Bonchev–Trinajstić information content (AvgIpc) is 3.48. The van der Waals surface area contributed by atoms with E-state index in [4.69, 9.17) is 9.40 Å². The Bertz CT molecular complexity index is 1420. The molecule has 1 amide bonds. The zero-order valence-corrected chi connectivity index (χ0v) is 18.2. The molecule has 1 aliphatic carbocycles. The minimum Gasteiger partial charge on any atom is -0.435 e. The Morgan fingerprint density at radius 3 is 2.71 bits per heavy atom. The van der Waals surface area contributed by atoms with Gasteiger partial charge in [-0.25, -0.2) is 27.5 Å². The highest BCUT2D eigenvalue weighted by molar-refractivity contribution is 5.93. The first-order valence-corrected chi connectivity index (χ1v) is 11.2. The van der Waals surface area contributed by atoms with Crippen LogP contribution in [0.5, 0.6) is 0 Å². The van der Waals surface area contributed by atoms with E-state index in [1.54, 1.807) is 6.07 Å². The van der Waals surface area contributed by atoms with E-state index < -0.39 is 54.5 Å². The van der Waals surface area contributed by atoms with Crippen molar-refractivity contribution in [3.05, 3.63) is 77.2 Å². The Morgan fingerprint density at radius 2 is 1.94 bits per heavy atom. The molecule has 4 aromatic rings. The van der Waals surface area contributed by atoms with Crippen molar-refractivity contribution >= 4 is 16.8 Å². The number of aromatic nitrogens is 4. The lowest BCUT2D eigenvalue weighted by molar-refractivity contribution is -0.0918. The van der Waals surface area contributed by atoms with Crippen LogP contribution in [0, 0.1) is 0 Å². The van der Waals surface area contributed by atoms with Crippen molar-refractivity contribution in [3.8, 4) is 0 Å². The van der Waals surface area contributed by atoms with E-state index in [0.29, 0.717) is 23.3 Å². The summed E-state index contributed by atoms with van der Waals surface area (Å²) in [6.07, 6.45) is -2.26. The summed E-state index contributed by atoms with van der Waals surface area (Å²) in [4.78, 5) is 30.9. The zero-order valence-electron chi connectivity index (χ0n) is 18.2. The van der Waals surface area contributed by atoms with E-state index in [2.05, 4.69) is 15.0 Å². The SMILES string of the molecule is O=C(c1oc(C2CC(F)(F)C2)nc1C(F)F)N1CCc2[nH]cnc2[C@@H]1c1ccc2ccccc2n1. The van der Waals surface area contributed by atoms with Crippen LogP contribution in [-0.4, -0.2) is 43.2 Å². The third kappa shape index (κ3) is 3.65. The van der Waals surface area contributed by atoms with Gasteiger partial charge in [0.15, 0.2) is 11.6 Å². The molecule has 1 saturated carbocycles. The van der Waals surface area contributed by atoms with Gasteiger partial charge < -0.3 is 14.3 Å². The quantitative estimate of drug-likeness (QED) is 0.402. The van der Waals surface area contributed by atoms with Crippen molar-refractivity contribution < 1.29 is 26.8 Å². The fraction of sp³-hybridized carbons (Fsp3) is 0.333. The van der Waals surface area contributed by atoms with Crippen molar-refractivity contribution in [3.63, 3.8) is 0 Å². The smallest absolute Gasteiger partial charge is 0.292 e. The van der Waals surface area contributed by atoms with Gasteiger partial charge in [0.25, 0.3) is 12.3 Å². The predicted octanol–water partition coefficient (Wildman–Crippen LogP) is 5.18. The van der Waals surface area contributed by atoms with Gasteiger partial charge in [-0.1, -0.05) is 24.3 Å². The lowest BCUT2D eigenvalue weighted by Gasteiger charge is -2.34. The molecule has 1 atom stereocenters. The van der Waals surface area contributed by atoms with Crippen LogP contribution in [0.25, 0.3) is 10.9 Å². The van der Waals surface area contributed by atoms with E-state index in [9.17, 15) is 22.4 Å². The number of imidazole rings is 1. The van der Waals surface area contributed by atoms with Gasteiger partial charge in [-0.3, -0.25) is 9.78 Å². The van der Waals surface area contributed by atoms with Crippen LogP contribution < -0.4 is 0 Å². The average molecular weight is 485 g/mol. The molecule has 11 heteroatoms. The minimum absolute atomic E-state index is 0.188. The first kappa shape index (κ1) is 21.8. The molecular weight excluding hydrogens is 466 g/mol. The lowest BCUT2D eigenvalue weighted by atomic mass is 9.81. The van der Waals surface area contributed by atoms with Gasteiger partial charge in [0.1, 0.15) is 6.04 Å². The van der Waals surface area contributed by atoms with Crippen molar-refractivity contribution in [2.24, 2.45) is 0 Å². The van der Waals surface area contributed by atoms with Crippen molar-refractivity contribution in [2.75, 3.05) is 6.54 Å². The second kappa shape index (κ2) is 7.89. The third-order valence-corrected chi connectivity index (χ3v) is 6.60. The highest BCUT2D eigenvalue weighted by Gasteiger charge is 2.49. The topological polar surface area (TPSA) is 87.9 Å². The fourth-order valence-electron chi connectivity index (χ4n) is 4.82. The standard InChI is InChI=1S/C24H19F4N5O2/c25-21(26)18-20(35-22(32-18)13-9-24(27,28)10-13)23(34)33-8-7-15-17(30-11-29-15)19(33)16-6-5-12-3-1-2-4-14(12)31-16/h1-6,11,13,19,21H,7-10H2,(H,29,30)/t19-/m0/s1. The number of fused-ring (bicyclic) bond motifs is 2. The largest absolute Gasteiger partial charge is 0.435 e. The normalized spacial score (nSPS) is 19.7. The van der Waals surface area contributed by atoms with E-state index in [0.717, 1.165) is 11.1 Å². The predicted molar refractivity (Wildman–Crippen MR) is 115 cm³/mol. The number of alkyl halides is 4. The van der Waals surface area contributed by atoms with Crippen LogP contribution in [-0.2, 0) is 6.42 Å². The molecule has 0 radical (unpaired) electrons. The Balaban J connectivity index is 1.41. The number of para-hydroxylation sites is 1. The zero-order chi connectivity index (χ0) is 24.3. The number of benzene rings is 1. The first-order chi connectivity index (χ1) is 16.8. The molecule has 7 nitrogen and oxygen atoms in total. The van der Waals surface area contributed by atoms with Crippen molar-refractivity contribution in [1.29, 1.82) is 0 Å². The van der Waals surface area contributed by atoms with Crippen LogP contribution in [0.3, 0.4) is 0 Å². The Labute approximate surface area is 196 Å². The van der Waals surface area contributed by atoms with E-state index in [-0.39, 0.29) is 12.4 Å².